The van der Waals surface area contributed by atoms with Crippen molar-refractivity contribution in [1.82, 2.24) is 30.2 Å². The van der Waals surface area contributed by atoms with E-state index in [2.05, 4.69) is 69.4 Å². The third kappa shape index (κ3) is 4.73. The van der Waals surface area contributed by atoms with Crippen LogP contribution >= 0.6 is 0 Å². The van der Waals surface area contributed by atoms with E-state index in [9.17, 15) is 0 Å². The van der Waals surface area contributed by atoms with Gasteiger partial charge < -0.3 is 10.6 Å². The summed E-state index contributed by atoms with van der Waals surface area (Å²) in [6, 6.07) is 20.8. The zero-order valence-corrected chi connectivity index (χ0v) is 15.7. The first-order chi connectivity index (χ1) is 13.9. The zero-order chi connectivity index (χ0) is 19.0. The summed E-state index contributed by atoms with van der Waals surface area (Å²) in [7, 11) is 0. The van der Waals surface area contributed by atoms with Gasteiger partial charge in [-0.15, -0.1) is 0 Å². The average Bonchev–Trinajstić information content (AvgIpc) is 3.46. The fourth-order valence-electron chi connectivity index (χ4n) is 3.02. The van der Waals surface area contributed by atoms with E-state index in [1.165, 1.54) is 11.1 Å². The Morgan fingerprint density at radius 3 is 1.39 bits per heavy atom. The minimum Gasteiger partial charge on any atom is -0.311 e. The highest BCUT2D eigenvalue weighted by molar-refractivity contribution is 5.34. The Balaban J connectivity index is 1.14. The molecule has 0 radical (unpaired) electrons. The van der Waals surface area contributed by atoms with Crippen LogP contribution < -0.4 is 10.6 Å². The van der Waals surface area contributed by atoms with Gasteiger partial charge in [0.05, 0.1) is 11.4 Å². The Hall–Kier alpha value is -3.22. The van der Waals surface area contributed by atoms with Crippen molar-refractivity contribution < 1.29 is 0 Å². The smallest absolute Gasteiger partial charge is 0.0645 e. The second-order valence-electron chi connectivity index (χ2n) is 6.59. The van der Waals surface area contributed by atoms with Gasteiger partial charge >= 0.3 is 0 Å². The molecule has 0 fully saturated rings. The second kappa shape index (κ2) is 9.12. The van der Waals surface area contributed by atoms with E-state index in [1.807, 2.05) is 33.9 Å². The normalized spacial score (nSPS) is 11.0. The van der Waals surface area contributed by atoms with Crippen LogP contribution in [0, 0.1) is 0 Å². The molecule has 0 atom stereocenters. The predicted molar refractivity (Wildman–Crippen MR) is 111 cm³/mol. The maximum atomic E-state index is 4.24. The van der Waals surface area contributed by atoms with Crippen LogP contribution in [0.4, 0.5) is 0 Å². The van der Waals surface area contributed by atoms with Crippen LogP contribution in [0.3, 0.4) is 0 Å². The molecule has 0 saturated carbocycles. The van der Waals surface area contributed by atoms with Gasteiger partial charge in [0.25, 0.3) is 0 Å². The van der Waals surface area contributed by atoms with Crippen molar-refractivity contribution in [2.24, 2.45) is 0 Å². The van der Waals surface area contributed by atoms with E-state index in [0.29, 0.717) is 0 Å². The number of hydrogen-bond donors (Lipinski definition) is 2. The molecule has 6 nitrogen and oxygen atoms in total. The van der Waals surface area contributed by atoms with Crippen LogP contribution in [0.15, 0.2) is 85.5 Å². The molecule has 2 heterocycles. The third-order valence-corrected chi connectivity index (χ3v) is 4.55. The maximum absolute atomic E-state index is 4.24. The minimum absolute atomic E-state index is 0.861. The van der Waals surface area contributed by atoms with E-state index in [-0.39, 0.29) is 0 Å². The molecule has 0 spiro atoms. The number of hydrogen-bond acceptors (Lipinski definition) is 4. The number of rotatable bonds is 9. The summed E-state index contributed by atoms with van der Waals surface area (Å²) in [6.45, 7) is 3.57. The number of nitrogens with one attached hydrogen (secondary N) is 2. The number of nitrogens with zero attached hydrogens (tertiary/aromatic N) is 4. The summed E-state index contributed by atoms with van der Waals surface area (Å²) >= 11 is 0. The Labute approximate surface area is 164 Å². The summed E-state index contributed by atoms with van der Waals surface area (Å²) in [4.78, 5) is 0. The molecule has 0 unspecified atom stereocenters. The van der Waals surface area contributed by atoms with Crippen LogP contribution in [0.25, 0.3) is 11.4 Å². The van der Waals surface area contributed by atoms with Gasteiger partial charge in [0.2, 0.25) is 0 Å². The van der Waals surface area contributed by atoms with Crippen molar-refractivity contribution in [3.05, 3.63) is 96.6 Å². The Bertz CT molecular complexity index is 860. The molecule has 2 N–H and O–H groups in total. The minimum atomic E-state index is 0.861. The van der Waals surface area contributed by atoms with Gasteiger partial charge in [0.15, 0.2) is 0 Å². The lowest BCUT2D eigenvalue weighted by Crippen LogP contribution is -2.26. The highest BCUT2D eigenvalue weighted by Gasteiger charge is 1.99. The van der Waals surface area contributed by atoms with Gasteiger partial charge in [0, 0.05) is 51.0 Å². The number of benzene rings is 2. The molecule has 2 aromatic carbocycles. The first-order valence-corrected chi connectivity index (χ1v) is 9.48. The van der Waals surface area contributed by atoms with Gasteiger partial charge in [-0.1, -0.05) is 24.3 Å². The Morgan fingerprint density at radius 2 is 1.04 bits per heavy atom. The predicted octanol–water partition coefficient (Wildman–Crippen LogP) is 2.94. The fourth-order valence-corrected chi connectivity index (χ4v) is 3.02. The molecule has 4 aromatic rings. The van der Waals surface area contributed by atoms with Gasteiger partial charge in [-0.3, -0.25) is 0 Å². The standard InChI is InChI=1S/C22H24N6/c1-11-25-27(15-1)21-7-3-19(4-8-21)17-23-13-14-24-18-20-5-9-22(10-6-20)28-16-2-12-26-28/h1-12,15-16,23-24H,13-14,17-18H2. The highest BCUT2D eigenvalue weighted by Crippen LogP contribution is 2.09. The molecule has 4 rings (SSSR count). The average molecular weight is 372 g/mol. The van der Waals surface area contributed by atoms with Crippen LogP contribution in [0.2, 0.25) is 0 Å². The Kier molecular flexibility index (Phi) is 5.92. The molecule has 6 heteroatoms. The van der Waals surface area contributed by atoms with Crippen molar-refractivity contribution in [3.8, 4) is 11.4 Å². The summed E-state index contributed by atoms with van der Waals surface area (Å²) in [5, 5.41) is 15.4. The maximum Gasteiger partial charge on any atom is 0.0645 e. The highest BCUT2D eigenvalue weighted by atomic mass is 15.3. The SMILES string of the molecule is c1cnn(-c2ccc(CNCCNCc3ccc(-n4cccn4)cc3)cc2)c1. The molecule has 0 saturated heterocycles. The molecule has 0 amide bonds. The van der Waals surface area contributed by atoms with Crippen molar-refractivity contribution >= 4 is 0 Å². The molecule has 0 aliphatic heterocycles. The second-order valence-corrected chi connectivity index (χ2v) is 6.59. The van der Waals surface area contributed by atoms with Crippen LogP contribution in [0.1, 0.15) is 11.1 Å². The quantitative estimate of drug-likeness (QED) is 0.444. The van der Waals surface area contributed by atoms with Gasteiger partial charge in [-0.05, 0) is 47.5 Å². The summed E-state index contributed by atoms with van der Waals surface area (Å²) in [5.74, 6) is 0. The van der Waals surface area contributed by atoms with Crippen molar-refractivity contribution in [3.63, 3.8) is 0 Å². The fraction of sp³-hybridized carbons (Fsp3) is 0.182. The number of aromatic nitrogens is 4. The lowest BCUT2D eigenvalue weighted by molar-refractivity contribution is 0.611. The Morgan fingerprint density at radius 1 is 0.607 bits per heavy atom. The van der Waals surface area contributed by atoms with Crippen molar-refractivity contribution in [2.75, 3.05) is 13.1 Å². The molecular weight excluding hydrogens is 348 g/mol. The van der Waals surface area contributed by atoms with E-state index >= 15 is 0 Å². The van der Waals surface area contributed by atoms with E-state index < -0.39 is 0 Å². The summed E-state index contributed by atoms with van der Waals surface area (Å²) < 4.78 is 3.73. The van der Waals surface area contributed by atoms with Crippen LogP contribution in [-0.2, 0) is 13.1 Å². The lowest BCUT2D eigenvalue weighted by atomic mass is 10.2. The van der Waals surface area contributed by atoms with E-state index in [1.54, 1.807) is 12.4 Å². The largest absolute Gasteiger partial charge is 0.311 e. The molecule has 28 heavy (non-hydrogen) atoms. The molecule has 0 aliphatic rings. The summed E-state index contributed by atoms with van der Waals surface area (Å²) in [5.41, 5.74) is 4.69. The zero-order valence-electron chi connectivity index (χ0n) is 15.7. The van der Waals surface area contributed by atoms with Crippen molar-refractivity contribution in [2.45, 2.75) is 13.1 Å². The molecular formula is C22H24N6. The first kappa shape index (κ1) is 18.2. The molecule has 142 valence electrons. The topological polar surface area (TPSA) is 59.7 Å². The molecule has 2 aromatic heterocycles. The molecule has 0 aliphatic carbocycles. The lowest BCUT2D eigenvalue weighted by Gasteiger charge is -2.08. The molecule has 0 bridgehead atoms. The third-order valence-electron chi connectivity index (χ3n) is 4.55. The van der Waals surface area contributed by atoms with Crippen LogP contribution in [0.5, 0.6) is 0 Å². The van der Waals surface area contributed by atoms with E-state index in [4.69, 9.17) is 0 Å². The monoisotopic (exact) mass is 372 g/mol. The van der Waals surface area contributed by atoms with Crippen LogP contribution in [-0.4, -0.2) is 32.7 Å². The van der Waals surface area contributed by atoms with Gasteiger partial charge in [-0.25, -0.2) is 9.36 Å². The van der Waals surface area contributed by atoms with E-state index in [0.717, 1.165) is 37.6 Å². The first-order valence-electron chi connectivity index (χ1n) is 9.48. The van der Waals surface area contributed by atoms with Crippen molar-refractivity contribution in [1.29, 1.82) is 0 Å². The van der Waals surface area contributed by atoms with Gasteiger partial charge in [0.1, 0.15) is 0 Å². The summed E-state index contributed by atoms with van der Waals surface area (Å²) in [6.07, 6.45) is 7.47. The van der Waals surface area contributed by atoms with Gasteiger partial charge in [-0.2, -0.15) is 10.2 Å².